The van der Waals surface area contributed by atoms with Crippen LogP contribution in [0.5, 0.6) is 5.75 Å². The van der Waals surface area contributed by atoms with Crippen LogP contribution in [0.15, 0.2) is 22.7 Å². The number of hydrogen-bond acceptors (Lipinski definition) is 9. The fourth-order valence-corrected chi connectivity index (χ4v) is 4.16. The molecule has 0 atom stereocenters. The van der Waals surface area contributed by atoms with Gasteiger partial charge >= 0.3 is 5.97 Å². The van der Waals surface area contributed by atoms with E-state index in [2.05, 4.69) is 46.6 Å². The number of nitrogens with zero attached hydrogens (tertiary/aromatic N) is 7. The van der Waals surface area contributed by atoms with Crippen LogP contribution in [-0.4, -0.2) is 60.7 Å². The van der Waals surface area contributed by atoms with Gasteiger partial charge in [-0.2, -0.15) is 0 Å². The van der Waals surface area contributed by atoms with Gasteiger partial charge in [0.15, 0.2) is 5.01 Å². The summed E-state index contributed by atoms with van der Waals surface area (Å²) in [7, 11) is 0. The highest BCUT2D eigenvalue weighted by Gasteiger charge is 2.25. The van der Waals surface area contributed by atoms with E-state index in [1.165, 1.54) is 28.2 Å². The fourth-order valence-electron chi connectivity index (χ4n) is 2.94. The molecule has 0 amide bonds. The number of anilines is 1. The van der Waals surface area contributed by atoms with Crippen molar-refractivity contribution in [2.45, 2.75) is 25.5 Å². The highest BCUT2D eigenvalue weighted by molar-refractivity contribution is 9.10. The highest BCUT2D eigenvalue weighted by atomic mass is 79.9. The molecule has 152 valence electrons. The summed E-state index contributed by atoms with van der Waals surface area (Å²) in [6.45, 7) is 1.05. The van der Waals surface area contributed by atoms with Gasteiger partial charge in [0.2, 0.25) is 11.0 Å². The molecule has 1 aromatic carbocycles. The van der Waals surface area contributed by atoms with Crippen LogP contribution in [0.25, 0.3) is 10.8 Å². The zero-order valence-electron chi connectivity index (χ0n) is 14.9. The second-order valence-corrected chi connectivity index (χ2v) is 8.13. The molecular weight excluding hydrogens is 469 g/mol. The lowest BCUT2D eigenvalue weighted by Gasteiger charge is -2.31. The molecule has 0 aliphatic carbocycles. The van der Waals surface area contributed by atoms with Crippen molar-refractivity contribution in [3.05, 3.63) is 28.5 Å². The SMILES string of the molecule is O=C(O)Cn1nnnc1-c1nnc(N2CCC(Oc3cc(F)ccc3Br)CC2)s1. The third-order valence-corrected chi connectivity index (χ3v) is 5.96. The van der Waals surface area contributed by atoms with E-state index in [9.17, 15) is 9.18 Å². The van der Waals surface area contributed by atoms with E-state index in [1.54, 1.807) is 6.07 Å². The number of ether oxygens (including phenoxy) is 1. The first-order valence-corrected chi connectivity index (χ1v) is 10.3. The Morgan fingerprint density at radius 3 is 2.86 bits per heavy atom. The predicted octanol–water partition coefficient (Wildman–Crippen LogP) is 2.23. The summed E-state index contributed by atoms with van der Waals surface area (Å²) in [5.41, 5.74) is 0. The number of aliphatic carboxylic acids is 1. The maximum Gasteiger partial charge on any atom is 0.325 e. The molecule has 0 spiro atoms. The van der Waals surface area contributed by atoms with Gasteiger partial charge in [0, 0.05) is 32.0 Å². The second-order valence-electron chi connectivity index (χ2n) is 6.32. The van der Waals surface area contributed by atoms with Gasteiger partial charge in [0.25, 0.3) is 0 Å². The molecule has 0 bridgehead atoms. The highest BCUT2D eigenvalue weighted by Crippen LogP contribution is 2.31. The number of rotatable bonds is 6. The first-order valence-electron chi connectivity index (χ1n) is 8.68. The molecule has 29 heavy (non-hydrogen) atoms. The zero-order valence-corrected chi connectivity index (χ0v) is 17.3. The van der Waals surface area contributed by atoms with E-state index in [1.807, 2.05) is 0 Å². The van der Waals surface area contributed by atoms with Gasteiger partial charge in [-0.05, 0) is 38.5 Å². The molecule has 4 rings (SSSR count). The Morgan fingerprint density at radius 2 is 2.10 bits per heavy atom. The third kappa shape index (κ3) is 4.50. The van der Waals surface area contributed by atoms with Crippen molar-refractivity contribution in [1.29, 1.82) is 0 Å². The molecule has 2 aromatic heterocycles. The molecule has 13 heteroatoms. The van der Waals surface area contributed by atoms with Gasteiger partial charge in [-0.25, -0.2) is 9.07 Å². The monoisotopic (exact) mass is 483 g/mol. The summed E-state index contributed by atoms with van der Waals surface area (Å²) in [5, 5.41) is 29.4. The number of benzene rings is 1. The largest absolute Gasteiger partial charge is 0.489 e. The van der Waals surface area contributed by atoms with Gasteiger partial charge in [0.05, 0.1) is 4.47 Å². The molecule has 3 aromatic rings. The molecule has 10 nitrogen and oxygen atoms in total. The van der Waals surface area contributed by atoms with E-state index >= 15 is 0 Å². The van der Waals surface area contributed by atoms with Gasteiger partial charge in [-0.1, -0.05) is 11.3 Å². The number of carboxylic acids is 1. The van der Waals surface area contributed by atoms with Crippen molar-refractivity contribution in [2.75, 3.05) is 18.0 Å². The number of tetrazole rings is 1. The standard InChI is InChI=1S/C16H15BrFN7O3S/c17-11-2-1-9(18)7-12(11)28-10-3-5-24(6-4-10)16-21-20-15(29-16)14-19-22-23-25(14)8-13(26)27/h1-2,7,10H,3-6,8H2,(H,26,27). The number of piperidine rings is 1. The predicted molar refractivity (Wildman–Crippen MR) is 104 cm³/mol. The summed E-state index contributed by atoms with van der Waals surface area (Å²) < 4.78 is 21.3. The molecule has 1 saturated heterocycles. The fraction of sp³-hybridized carbons (Fsp3) is 0.375. The smallest absolute Gasteiger partial charge is 0.325 e. The Bertz CT molecular complexity index is 1020. The summed E-state index contributed by atoms with van der Waals surface area (Å²) >= 11 is 4.67. The lowest BCUT2D eigenvalue weighted by molar-refractivity contribution is -0.137. The normalized spacial score (nSPS) is 14.9. The molecule has 0 radical (unpaired) electrons. The zero-order chi connectivity index (χ0) is 20.4. The average Bonchev–Trinajstić information content (AvgIpc) is 3.34. The molecule has 0 saturated carbocycles. The summed E-state index contributed by atoms with van der Waals surface area (Å²) in [6.07, 6.45) is 1.46. The van der Waals surface area contributed by atoms with Crippen molar-refractivity contribution >= 4 is 38.4 Å². The topological polar surface area (TPSA) is 119 Å². The second kappa shape index (κ2) is 8.37. The molecule has 1 aliphatic heterocycles. The molecule has 1 fully saturated rings. The first-order chi connectivity index (χ1) is 14.0. The van der Waals surface area contributed by atoms with E-state index in [0.29, 0.717) is 33.5 Å². The van der Waals surface area contributed by atoms with Gasteiger partial charge in [-0.15, -0.1) is 15.3 Å². The van der Waals surface area contributed by atoms with Crippen molar-refractivity contribution in [2.24, 2.45) is 0 Å². The summed E-state index contributed by atoms with van der Waals surface area (Å²) in [5.74, 6) is -0.625. The minimum absolute atomic E-state index is 0.0281. The van der Waals surface area contributed by atoms with E-state index in [-0.39, 0.29) is 24.3 Å². The Kier molecular flexibility index (Phi) is 5.67. The Hall–Kier alpha value is -2.67. The maximum atomic E-state index is 13.4. The number of carbonyl (C=O) groups is 1. The maximum absolute atomic E-state index is 13.4. The number of aromatic nitrogens is 6. The van der Waals surface area contributed by atoms with Gasteiger partial charge in [0.1, 0.15) is 24.2 Å². The van der Waals surface area contributed by atoms with E-state index < -0.39 is 5.97 Å². The van der Waals surface area contributed by atoms with Crippen molar-refractivity contribution in [3.8, 4) is 16.6 Å². The number of halogens is 2. The van der Waals surface area contributed by atoms with Crippen LogP contribution in [0.4, 0.5) is 9.52 Å². The lowest BCUT2D eigenvalue weighted by Crippen LogP contribution is -2.38. The van der Waals surface area contributed by atoms with Crippen LogP contribution in [0.3, 0.4) is 0 Å². The Labute approximate surface area is 176 Å². The minimum Gasteiger partial charge on any atom is -0.489 e. The Morgan fingerprint density at radius 1 is 1.31 bits per heavy atom. The third-order valence-electron chi connectivity index (χ3n) is 4.32. The van der Waals surface area contributed by atoms with Gasteiger partial charge in [-0.3, -0.25) is 4.79 Å². The number of carboxylic acid groups (broad SMARTS) is 1. The van der Waals surface area contributed by atoms with Crippen molar-refractivity contribution in [1.82, 2.24) is 30.4 Å². The van der Waals surface area contributed by atoms with E-state index in [0.717, 1.165) is 12.8 Å². The van der Waals surface area contributed by atoms with Crippen molar-refractivity contribution < 1.29 is 19.0 Å². The first kappa shape index (κ1) is 19.6. The average molecular weight is 484 g/mol. The summed E-state index contributed by atoms with van der Waals surface area (Å²) in [6, 6.07) is 4.37. The Balaban J connectivity index is 1.39. The van der Waals surface area contributed by atoms with E-state index in [4.69, 9.17) is 9.84 Å². The van der Waals surface area contributed by atoms with Crippen LogP contribution in [0, 0.1) is 5.82 Å². The molecule has 3 heterocycles. The van der Waals surface area contributed by atoms with Crippen LogP contribution in [-0.2, 0) is 11.3 Å². The molecule has 0 unspecified atom stereocenters. The van der Waals surface area contributed by atoms with Crippen LogP contribution < -0.4 is 9.64 Å². The van der Waals surface area contributed by atoms with Crippen LogP contribution in [0.1, 0.15) is 12.8 Å². The quantitative estimate of drug-likeness (QED) is 0.562. The summed E-state index contributed by atoms with van der Waals surface area (Å²) in [4.78, 5) is 13.0. The number of hydrogen-bond donors (Lipinski definition) is 1. The van der Waals surface area contributed by atoms with Crippen molar-refractivity contribution in [3.63, 3.8) is 0 Å². The molecule has 1 aliphatic rings. The molecular formula is C16H15BrFN7O3S. The minimum atomic E-state index is -1.05. The van der Waals surface area contributed by atoms with Gasteiger partial charge < -0.3 is 14.7 Å². The van der Waals surface area contributed by atoms with Crippen LogP contribution in [0.2, 0.25) is 0 Å². The van der Waals surface area contributed by atoms with Crippen LogP contribution >= 0.6 is 27.3 Å². The lowest BCUT2D eigenvalue weighted by atomic mass is 10.1. The molecule has 1 N–H and O–H groups in total.